The van der Waals surface area contributed by atoms with Crippen molar-refractivity contribution in [3.63, 3.8) is 0 Å². The SMILES string of the molecule is CC(=O)Oc1cccc(C(=O)O)c1.Cl. The quantitative estimate of drug-likeness (QED) is 0.604. The Morgan fingerprint density at radius 3 is 2.50 bits per heavy atom. The number of aromatic carboxylic acids is 1. The van der Waals surface area contributed by atoms with Crippen LogP contribution in [0.2, 0.25) is 0 Å². The third-order valence-electron chi connectivity index (χ3n) is 1.34. The molecule has 0 spiro atoms. The number of halogens is 1. The first-order valence-electron chi connectivity index (χ1n) is 3.61. The van der Waals surface area contributed by atoms with Crippen LogP contribution in [0, 0.1) is 0 Å². The monoisotopic (exact) mass is 216 g/mol. The fourth-order valence-electron chi connectivity index (χ4n) is 0.859. The Morgan fingerprint density at radius 1 is 1.36 bits per heavy atom. The van der Waals surface area contributed by atoms with Crippen LogP contribution < -0.4 is 4.74 Å². The number of rotatable bonds is 2. The highest BCUT2D eigenvalue weighted by atomic mass is 35.5. The van der Waals surface area contributed by atoms with E-state index in [1.165, 1.54) is 31.2 Å². The van der Waals surface area contributed by atoms with Crippen LogP contribution in [0.3, 0.4) is 0 Å². The molecule has 0 fully saturated rings. The van der Waals surface area contributed by atoms with Crippen LogP contribution in [0.25, 0.3) is 0 Å². The predicted octanol–water partition coefficient (Wildman–Crippen LogP) is 1.73. The van der Waals surface area contributed by atoms with Gasteiger partial charge in [-0.05, 0) is 18.2 Å². The minimum atomic E-state index is -1.05. The van der Waals surface area contributed by atoms with Gasteiger partial charge in [0.1, 0.15) is 5.75 Å². The van der Waals surface area contributed by atoms with Crippen molar-refractivity contribution in [3.05, 3.63) is 29.8 Å². The van der Waals surface area contributed by atoms with Crippen molar-refractivity contribution in [2.75, 3.05) is 0 Å². The van der Waals surface area contributed by atoms with Gasteiger partial charge in [0.05, 0.1) is 5.56 Å². The number of hydrogen-bond donors (Lipinski definition) is 1. The van der Waals surface area contributed by atoms with E-state index in [0.29, 0.717) is 0 Å². The van der Waals surface area contributed by atoms with Crippen LogP contribution in [0.4, 0.5) is 0 Å². The maximum Gasteiger partial charge on any atom is 0.335 e. The molecule has 0 aliphatic heterocycles. The van der Waals surface area contributed by atoms with Crippen molar-refractivity contribution in [1.82, 2.24) is 0 Å². The number of hydrogen-bond acceptors (Lipinski definition) is 3. The first kappa shape index (κ1) is 12.4. The standard InChI is InChI=1S/C9H8O4.ClH/c1-6(10)13-8-4-2-3-7(5-8)9(11)12;/h2-5H,1H3,(H,11,12);1H. The number of esters is 1. The van der Waals surface area contributed by atoms with E-state index >= 15 is 0 Å². The molecule has 0 saturated carbocycles. The lowest BCUT2D eigenvalue weighted by molar-refractivity contribution is -0.131. The van der Waals surface area contributed by atoms with Crippen molar-refractivity contribution >= 4 is 24.3 Å². The number of ether oxygens (including phenoxy) is 1. The van der Waals surface area contributed by atoms with Crippen molar-refractivity contribution in [2.45, 2.75) is 6.92 Å². The zero-order chi connectivity index (χ0) is 9.84. The summed E-state index contributed by atoms with van der Waals surface area (Å²) in [5, 5.41) is 8.60. The number of carboxylic acid groups (broad SMARTS) is 1. The maximum atomic E-state index is 10.5. The van der Waals surface area contributed by atoms with E-state index in [9.17, 15) is 9.59 Å². The molecule has 1 aromatic rings. The molecule has 0 aliphatic rings. The molecule has 0 aromatic heterocycles. The second-order valence-electron chi connectivity index (χ2n) is 2.43. The van der Waals surface area contributed by atoms with Crippen LogP contribution in [-0.4, -0.2) is 17.0 Å². The zero-order valence-electron chi connectivity index (χ0n) is 7.39. The molecule has 0 amide bonds. The number of carbonyl (C=O) groups is 2. The van der Waals surface area contributed by atoms with Gasteiger partial charge in [0, 0.05) is 6.92 Å². The number of carbonyl (C=O) groups excluding carboxylic acids is 1. The molecule has 1 rings (SSSR count). The molecule has 76 valence electrons. The molecule has 0 aliphatic carbocycles. The largest absolute Gasteiger partial charge is 0.478 e. The van der Waals surface area contributed by atoms with Gasteiger partial charge in [-0.25, -0.2) is 4.79 Å². The average Bonchev–Trinajstić information content (AvgIpc) is 2.03. The molecule has 5 heteroatoms. The molecule has 4 nitrogen and oxygen atoms in total. The summed E-state index contributed by atoms with van der Waals surface area (Å²) in [5.41, 5.74) is 0.0961. The van der Waals surface area contributed by atoms with Gasteiger partial charge >= 0.3 is 11.9 Å². The van der Waals surface area contributed by atoms with E-state index in [4.69, 9.17) is 9.84 Å². The van der Waals surface area contributed by atoms with E-state index < -0.39 is 11.9 Å². The predicted molar refractivity (Wildman–Crippen MR) is 52.0 cm³/mol. The van der Waals surface area contributed by atoms with Crippen LogP contribution in [-0.2, 0) is 4.79 Å². The molecular weight excluding hydrogens is 208 g/mol. The van der Waals surface area contributed by atoms with Crippen LogP contribution in [0.15, 0.2) is 24.3 Å². The second kappa shape index (κ2) is 5.24. The average molecular weight is 217 g/mol. The van der Waals surface area contributed by atoms with Gasteiger partial charge in [-0.15, -0.1) is 12.4 Å². The second-order valence-corrected chi connectivity index (χ2v) is 2.43. The highest BCUT2D eigenvalue weighted by Gasteiger charge is 2.04. The summed E-state index contributed by atoms with van der Waals surface area (Å²) in [5.74, 6) is -1.27. The summed E-state index contributed by atoms with van der Waals surface area (Å²) in [4.78, 5) is 21.0. The Balaban J connectivity index is 0.00000169. The molecule has 0 bridgehead atoms. The maximum absolute atomic E-state index is 10.5. The Hall–Kier alpha value is -1.55. The smallest absolute Gasteiger partial charge is 0.335 e. The normalized spacial score (nSPS) is 8.64. The number of carboxylic acids is 1. The van der Waals surface area contributed by atoms with Crippen molar-refractivity contribution in [1.29, 1.82) is 0 Å². The summed E-state index contributed by atoms with van der Waals surface area (Å²) in [6, 6.07) is 5.76. The topological polar surface area (TPSA) is 63.6 Å². The lowest BCUT2D eigenvalue weighted by Gasteiger charge is -2.00. The van der Waals surface area contributed by atoms with Crippen LogP contribution >= 0.6 is 12.4 Å². The molecule has 0 saturated heterocycles. The van der Waals surface area contributed by atoms with E-state index in [2.05, 4.69) is 0 Å². The minimum absolute atomic E-state index is 0. The summed E-state index contributed by atoms with van der Waals surface area (Å²) < 4.78 is 4.70. The van der Waals surface area contributed by atoms with Crippen LogP contribution in [0.1, 0.15) is 17.3 Å². The van der Waals surface area contributed by atoms with E-state index in [0.717, 1.165) is 0 Å². The Bertz CT molecular complexity index is 348. The van der Waals surface area contributed by atoms with E-state index in [-0.39, 0.29) is 23.7 Å². The summed E-state index contributed by atoms with van der Waals surface area (Å²) in [7, 11) is 0. The molecule has 0 atom stereocenters. The van der Waals surface area contributed by atoms with Gasteiger partial charge in [0.15, 0.2) is 0 Å². The Morgan fingerprint density at radius 2 is 2.00 bits per heavy atom. The highest BCUT2D eigenvalue weighted by molar-refractivity contribution is 5.88. The van der Waals surface area contributed by atoms with Gasteiger partial charge in [-0.2, -0.15) is 0 Å². The molecule has 0 radical (unpaired) electrons. The molecule has 1 aromatic carbocycles. The molecule has 1 N–H and O–H groups in total. The Labute approximate surface area is 86.9 Å². The molecule has 0 unspecified atom stereocenters. The summed E-state index contributed by atoms with van der Waals surface area (Å²) >= 11 is 0. The minimum Gasteiger partial charge on any atom is -0.478 e. The lowest BCUT2D eigenvalue weighted by atomic mass is 10.2. The van der Waals surface area contributed by atoms with Gasteiger partial charge in [0.2, 0.25) is 0 Å². The van der Waals surface area contributed by atoms with E-state index in [1.807, 2.05) is 0 Å². The third-order valence-corrected chi connectivity index (χ3v) is 1.34. The van der Waals surface area contributed by atoms with Crippen molar-refractivity contribution < 1.29 is 19.4 Å². The first-order valence-corrected chi connectivity index (χ1v) is 3.61. The first-order chi connectivity index (χ1) is 6.09. The van der Waals surface area contributed by atoms with E-state index in [1.54, 1.807) is 0 Å². The molecular formula is C9H9ClO4. The molecule has 0 heterocycles. The van der Waals surface area contributed by atoms with Gasteiger partial charge in [-0.3, -0.25) is 4.79 Å². The fourth-order valence-corrected chi connectivity index (χ4v) is 0.859. The van der Waals surface area contributed by atoms with Gasteiger partial charge < -0.3 is 9.84 Å². The molecule has 14 heavy (non-hydrogen) atoms. The van der Waals surface area contributed by atoms with Crippen molar-refractivity contribution in [3.8, 4) is 5.75 Å². The third kappa shape index (κ3) is 3.45. The zero-order valence-corrected chi connectivity index (χ0v) is 8.21. The highest BCUT2D eigenvalue weighted by Crippen LogP contribution is 2.13. The summed E-state index contributed by atoms with van der Waals surface area (Å²) in [6.45, 7) is 1.26. The fraction of sp³-hybridized carbons (Fsp3) is 0.111. The number of benzene rings is 1. The van der Waals surface area contributed by atoms with Gasteiger partial charge in [-0.1, -0.05) is 6.07 Å². The van der Waals surface area contributed by atoms with Crippen LogP contribution in [0.5, 0.6) is 5.75 Å². The van der Waals surface area contributed by atoms with Crippen molar-refractivity contribution in [2.24, 2.45) is 0 Å². The Kier molecular flexibility index (Phi) is 4.66. The van der Waals surface area contributed by atoms with Gasteiger partial charge in [0.25, 0.3) is 0 Å². The summed E-state index contributed by atoms with van der Waals surface area (Å²) in [6.07, 6.45) is 0. The lowest BCUT2D eigenvalue weighted by Crippen LogP contribution is -2.03.